The van der Waals surface area contributed by atoms with Crippen LogP contribution < -0.4 is 5.32 Å². The Kier molecular flexibility index (Phi) is 3.87. The zero-order valence-electron chi connectivity index (χ0n) is 14.9. The molecule has 1 aliphatic heterocycles. The molecule has 3 atom stereocenters. The molecular formula is C22H23NO2. The fourth-order valence-corrected chi connectivity index (χ4v) is 4.25. The number of anilines is 1. The van der Waals surface area contributed by atoms with Gasteiger partial charge >= 0.3 is 5.97 Å². The number of carbonyl (C=O) groups excluding carboxylic acids is 1. The van der Waals surface area contributed by atoms with Crippen LogP contribution in [0.2, 0.25) is 0 Å². The average molecular weight is 333 g/mol. The molecule has 0 radical (unpaired) electrons. The third-order valence-electron chi connectivity index (χ3n) is 5.64. The Labute approximate surface area is 148 Å². The van der Waals surface area contributed by atoms with E-state index in [0.717, 1.165) is 17.7 Å². The lowest BCUT2D eigenvalue weighted by Gasteiger charge is -2.38. The maximum Gasteiger partial charge on any atom is 0.338 e. The third kappa shape index (κ3) is 2.55. The Morgan fingerprint density at radius 1 is 1.12 bits per heavy atom. The van der Waals surface area contributed by atoms with Gasteiger partial charge in [-0.15, -0.1) is 0 Å². The van der Waals surface area contributed by atoms with Crippen LogP contribution in [-0.2, 0) is 4.74 Å². The molecule has 0 bridgehead atoms. The molecule has 2 aliphatic rings. The lowest BCUT2D eigenvalue weighted by molar-refractivity contribution is 0.0600. The number of ether oxygens (including phenoxy) is 1. The van der Waals surface area contributed by atoms with Crippen molar-refractivity contribution in [3.8, 4) is 0 Å². The molecule has 0 unspecified atom stereocenters. The monoisotopic (exact) mass is 333 g/mol. The summed E-state index contributed by atoms with van der Waals surface area (Å²) < 4.78 is 4.94. The number of esters is 1. The summed E-state index contributed by atoms with van der Waals surface area (Å²) in [5.74, 6) is 0.629. The average Bonchev–Trinajstić information content (AvgIpc) is 3.12. The minimum Gasteiger partial charge on any atom is -0.465 e. The molecule has 128 valence electrons. The van der Waals surface area contributed by atoms with Gasteiger partial charge < -0.3 is 10.1 Å². The minimum absolute atomic E-state index is 0.250. The second kappa shape index (κ2) is 6.07. The summed E-state index contributed by atoms with van der Waals surface area (Å²) in [7, 11) is 1.43. The summed E-state index contributed by atoms with van der Waals surface area (Å²) >= 11 is 0. The summed E-state index contributed by atoms with van der Waals surface area (Å²) in [5.41, 5.74) is 6.55. The van der Waals surface area contributed by atoms with E-state index in [9.17, 15) is 4.79 Å². The van der Waals surface area contributed by atoms with E-state index < -0.39 is 0 Å². The number of allylic oxidation sites excluding steroid dienone is 2. The minimum atomic E-state index is -0.280. The summed E-state index contributed by atoms with van der Waals surface area (Å²) in [5, 5.41) is 3.74. The number of carbonyl (C=O) groups is 1. The van der Waals surface area contributed by atoms with Crippen LogP contribution in [0.4, 0.5) is 5.69 Å². The predicted octanol–water partition coefficient (Wildman–Crippen LogP) is 4.92. The maximum absolute atomic E-state index is 12.1. The highest BCUT2D eigenvalue weighted by molar-refractivity contribution is 5.93. The number of fused-ring (bicyclic) bond motifs is 3. The second-order valence-electron chi connectivity index (χ2n) is 7.08. The molecule has 2 aromatic carbocycles. The van der Waals surface area contributed by atoms with Gasteiger partial charge in [-0.25, -0.2) is 4.79 Å². The van der Waals surface area contributed by atoms with Crippen LogP contribution in [0, 0.1) is 19.8 Å². The normalized spacial score (nSPS) is 23.6. The van der Waals surface area contributed by atoms with Gasteiger partial charge in [0.05, 0.1) is 18.7 Å². The molecule has 1 heterocycles. The van der Waals surface area contributed by atoms with Crippen LogP contribution in [0.5, 0.6) is 0 Å². The molecule has 0 aromatic heterocycles. The van der Waals surface area contributed by atoms with Gasteiger partial charge in [-0.1, -0.05) is 48.0 Å². The fourth-order valence-electron chi connectivity index (χ4n) is 4.25. The highest BCUT2D eigenvalue weighted by Crippen LogP contribution is 2.51. The van der Waals surface area contributed by atoms with E-state index in [0.29, 0.717) is 17.4 Å². The highest BCUT2D eigenvalue weighted by Gasteiger charge is 2.38. The lowest BCUT2D eigenvalue weighted by Crippen LogP contribution is -2.30. The van der Waals surface area contributed by atoms with Crippen LogP contribution in [-0.4, -0.2) is 13.1 Å². The number of rotatable bonds is 2. The quantitative estimate of drug-likeness (QED) is 0.626. The van der Waals surface area contributed by atoms with Gasteiger partial charge in [-0.3, -0.25) is 0 Å². The first-order valence-corrected chi connectivity index (χ1v) is 8.81. The van der Waals surface area contributed by atoms with Crippen molar-refractivity contribution in [2.24, 2.45) is 5.92 Å². The van der Waals surface area contributed by atoms with Crippen LogP contribution in [0.15, 0.2) is 48.6 Å². The van der Waals surface area contributed by atoms with Gasteiger partial charge in [-0.2, -0.15) is 0 Å². The number of benzene rings is 2. The maximum atomic E-state index is 12.1. The molecule has 0 saturated carbocycles. The van der Waals surface area contributed by atoms with Crippen molar-refractivity contribution in [3.63, 3.8) is 0 Å². The molecule has 1 N–H and O–H groups in total. The van der Waals surface area contributed by atoms with Crippen LogP contribution in [0.25, 0.3) is 0 Å². The smallest absolute Gasteiger partial charge is 0.338 e. The van der Waals surface area contributed by atoms with Crippen LogP contribution in [0.3, 0.4) is 0 Å². The Hall–Kier alpha value is -2.55. The van der Waals surface area contributed by atoms with Crippen molar-refractivity contribution in [1.29, 1.82) is 0 Å². The Balaban J connectivity index is 1.81. The van der Waals surface area contributed by atoms with E-state index in [4.69, 9.17) is 4.74 Å². The van der Waals surface area contributed by atoms with Crippen molar-refractivity contribution >= 4 is 11.7 Å². The van der Waals surface area contributed by atoms with E-state index in [1.807, 2.05) is 13.0 Å². The van der Waals surface area contributed by atoms with Crippen molar-refractivity contribution in [2.45, 2.75) is 32.2 Å². The molecule has 0 spiro atoms. The molecule has 4 rings (SSSR count). The molecule has 25 heavy (non-hydrogen) atoms. The molecule has 2 aromatic rings. The number of hydrogen-bond acceptors (Lipinski definition) is 3. The van der Waals surface area contributed by atoms with E-state index in [-0.39, 0.29) is 12.0 Å². The summed E-state index contributed by atoms with van der Waals surface area (Å²) in [6.45, 7) is 4.11. The predicted molar refractivity (Wildman–Crippen MR) is 100 cm³/mol. The van der Waals surface area contributed by atoms with E-state index in [1.54, 1.807) is 0 Å². The zero-order valence-corrected chi connectivity index (χ0v) is 14.9. The molecule has 3 nitrogen and oxygen atoms in total. The van der Waals surface area contributed by atoms with Gasteiger partial charge in [0, 0.05) is 11.6 Å². The van der Waals surface area contributed by atoms with Gasteiger partial charge in [0.25, 0.3) is 0 Å². The summed E-state index contributed by atoms with van der Waals surface area (Å²) in [6, 6.07) is 13.0. The topological polar surface area (TPSA) is 38.3 Å². The Morgan fingerprint density at radius 3 is 2.60 bits per heavy atom. The Bertz CT molecular complexity index is 851. The lowest BCUT2D eigenvalue weighted by atomic mass is 9.76. The molecule has 0 amide bonds. The third-order valence-corrected chi connectivity index (χ3v) is 5.64. The fraction of sp³-hybridized carbons (Fsp3) is 0.318. The molecule has 3 heteroatoms. The van der Waals surface area contributed by atoms with Gasteiger partial charge in [-0.05, 0) is 48.9 Å². The van der Waals surface area contributed by atoms with Crippen molar-refractivity contribution < 1.29 is 9.53 Å². The highest BCUT2D eigenvalue weighted by atomic mass is 16.5. The standard InChI is InChI=1S/C22H23NO2/c1-13-7-9-15(10-8-13)21-18-6-4-5-17(18)19-12-11-16(22(24)25-3)14(2)20(19)23-21/h4-5,7-12,17-18,21,23H,6H2,1-3H3/t17-,18-,21-/m1/s1. The summed E-state index contributed by atoms with van der Waals surface area (Å²) in [4.78, 5) is 12.1. The van der Waals surface area contributed by atoms with E-state index in [2.05, 4.69) is 54.7 Å². The molecule has 0 saturated heterocycles. The van der Waals surface area contributed by atoms with Gasteiger partial charge in [0.2, 0.25) is 0 Å². The zero-order chi connectivity index (χ0) is 17.6. The number of nitrogens with one attached hydrogen (secondary N) is 1. The van der Waals surface area contributed by atoms with Crippen molar-refractivity contribution in [2.75, 3.05) is 12.4 Å². The number of methoxy groups -OCH3 is 1. The van der Waals surface area contributed by atoms with Gasteiger partial charge in [0.15, 0.2) is 0 Å². The van der Waals surface area contributed by atoms with E-state index in [1.165, 1.54) is 23.8 Å². The van der Waals surface area contributed by atoms with Crippen LogP contribution >= 0.6 is 0 Å². The first-order chi connectivity index (χ1) is 12.1. The molecule has 0 fully saturated rings. The first kappa shape index (κ1) is 15.9. The first-order valence-electron chi connectivity index (χ1n) is 8.81. The van der Waals surface area contributed by atoms with Crippen molar-refractivity contribution in [3.05, 3.63) is 76.4 Å². The Morgan fingerprint density at radius 2 is 1.88 bits per heavy atom. The van der Waals surface area contributed by atoms with Crippen molar-refractivity contribution in [1.82, 2.24) is 0 Å². The van der Waals surface area contributed by atoms with Gasteiger partial charge in [0.1, 0.15) is 0 Å². The molecule has 1 aliphatic carbocycles. The SMILES string of the molecule is COC(=O)c1ccc2c(c1C)N[C@H](c1ccc(C)cc1)[C@@H]1CC=C[C@@H]21. The number of aryl methyl sites for hydroxylation is 1. The number of hydrogen-bond donors (Lipinski definition) is 1. The second-order valence-corrected chi connectivity index (χ2v) is 7.08. The largest absolute Gasteiger partial charge is 0.465 e. The van der Waals surface area contributed by atoms with E-state index >= 15 is 0 Å². The summed E-state index contributed by atoms with van der Waals surface area (Å²) in [6.07, 6.45) is 5.69. The van der Waals surface area contributed by atoms with Crippen LogP contribution in [0.1, 0.15) is 51.0 Å². The molecular weight excluding hydrogens is 310 g/mol.